The van der Waals surface area contributed by atoms with Crippen LogP contribution in [-0.2, 0) is 6.42 Å². The predicted octanol–water partition coefficient (Wildman–Crippen LogP) is 2.99. The second-order valence-electron chi connectivity index (χ2n) is 4.68. The van der Waals surface area contributed by atoms with Crippen LogP contribution in [0.4, 0.5) is 8.78 Å². The van der Waals surface area contributed by atoms with Gasteiger partial charge in [0.2, 0.25) is 0 Å². The van der Waals surface area contributed by atoms with E-state index in [1.54, 1.807) is 6.07 Å². The lowest BCUT2D eigenvalue weighted by atomic mass is 10.0. The van der Waals surface area contributed by atoms with Crippen molar-refractivity contribution >= 4 is 11.0 Å². The van der Waals surface area contributed by atoms with Gasteiger partial charge >= 0.3 is 0 Å². The van der Waals surface area contributed by atoms with Gasteiger partial charge in [0.05, 0.1) is 5.39 Å². The van der Waals surface area contributed by atoms with Crippen LogP contribution >= 0.6 is 0 Å². The lowest BCUT2D eigenvalue weighted by Gasteiger charge is -2.15. The third-order valence-corrected chi connectivity index (χ3v) is 2.23. The van der Waals surface area contributed by atoms with E-state index < -0.39 is 17.2 Å². The normalized spacial score (nSPS) is 12.3. The van der Waals surface area contributed by atoms with E-state index in [-0.39, 0.29) is 5.58 Å². The van der Waals surface area contributed by atoms with Gasteiger partial charge in [-0.3, -0.25) is 0 Å². The van der Waals surface area contributed by atoms with Crippen LogP contribution in [0.25, 0.3) is 11.0 Å². The molecule has 86 valence electrons. The Kier molecular flexibility index (Phi) is 2.46. The van der Waals surface area contributed by atoms with Gasteiger partial charge in [-0.15, -0.1) is 0 Å². The molecular weight excluding hydrogens is 212 g/mol. The first-order valence-electron chi connectivity index (χ1n) is 5.01. The van der Waals surface area contributed by atoms with Gasteiger partial charge in [0.15, 0.2) is 0 Å². The molecule has 0 aliphatic rings. The highest BCUT2D eigenvalue weighted by atomic mass is 19.1. The van der Waals surface area contributed by atoms with E-state index in [2.05, 4.69) is 0 Å². The van der Waals surface area contributed by atoms with E-state index in [1.807, 2.05) is 13.8 Å². The molecule has 2 nitrogen and oxygen atoms in total. The number of hydrogen-bond acceptors (Lipinski definition) is 2. The van der Waals surface area contributed by atoms with Gasteiger partial charge < -0.3 is 10.2 Å². The summed E-state index contributed by atoms with van der Waals surface area (Å²) in [6.45, 7) is 3.69. The van der Waals surface area contributed by atoms with Crippen LogP contribution in [0.3, 0.4) is 0 Å². The van der Waals surface area contributed by atoms with Crippen LogP contribution in [0.1, 0.15) is 19.6 Å². The zero-order valence-electron chi connectivity index (χ0n) is 9.18. The van der Waals surface area contributed by atoms with Gasteiger partial charge in [-0.2, -0.15) is 0 Å². The molecule has 4 heteroatoms. The SMILES string of the molecule is CC(C)(N)Cc1cc2c(F)cc(F)cc2o1. The first-order valence-corrected chi connectivity index (χ1v) is 5.01. The molecule has 0 aliphatic carbocycles. The number of nitrogens with two attached hydrogens (primary N) is 1. The minimum atomic E-state index is -0.641. The average molecular weight is 225 g/mol. The van der Waals surface area contributed by atoms with Crippen molar-refractivity contribution in [3.63, 3.8) is 0 Å². The number of halogens is 2. The lowest BCUT2D eigenvalue weighted by molar-refractivity contribution is 0.446. The Morgan fingerprint density at radius 3 is 2.56 bits per heavy atom. The predicted molar refractivity (Wildman–Crippen MR) is 58.1 cm³/mol. The summed E-state index contributed by atoms with van der Waals surface area (Å²) >= 11 is 0. The van der Waals surface area contributed by atoms with Crippen molar-refractivity contribution in [2.45, 2.75) is 25.8 Å². The van der Waals surface area contributed by atoms with Gasteiger partial charge in [-0.1, -0.05) is 0 Å². The number of rotatable bonds is 2. The Hall–Kier alpha value is -1.42. The van der Waals surface area contributed by atoms with Crippen molar-refractivity contribution in [2.75, 3.05) is 0 Å². The first kappa shape index (κ1) is 11.1. The zero-order valence-corrected chi connectivity index (χ0v) is 9.18. The molecule has 0 atom stereocenters. The molecular formula is C12H13F2NO. The molecule has 0 amide bonds. The molecule has 2 rings (SSSR count). The summed E-state index contributed by atoms with van der Waals surface area (Å²) in [5.74, 6) is -0.690. The Bertz CT molecular complexity index is 526. The van der Waals surface area contributed by atoms with E-state index in [9.17, 15) is 8.78 Å². The molecule has 1 aromatic carbocycles. The number of benzene rings is 1. The van der Waals surface area contributed by atoms with E-state index in [0.29, 0.717) is 17.6 Å². The topological polar surface area (TPSA) is 39.2 Å². The highest BCUT2D eigenvalue weighted by molar-refractivity contribution is 5.78. The molecule has 0 saturated heterocycles. The highest BCUT2D eigenvalue weighted by Gasteiger charge is 2.16. The molecule has 0 aliphatic heterocycles. The summed E-state index contributed by atoms with van der Waals surface area (Å²) in [5, 5.41) is 0.292. The van der Waals surface area contributed by atoms with Crippen LogP contribution in [0.15, 0.2) is 22.6 Å². The van der Waals surface area contributed by atoms with Crippen molar-refractivity contribution in [1.29, 1.82) is 0 Å². The molecule has 16 heavy (non-hydrogen) atoms. The fraction of sp³-hybridized carbons (Fsp3) is 0.333. The van der Waals surface area contributed by atoms with Crippen LogP contribution in [0.5, 0.6) is 0 Å². The third-order valence-electron chi connectivity index (χ3n) is 2.23. The van der Waals surface area contributed by atoms with Gasteiger partial charge in [0.25, 0.3) is 0 Å². The maximum atomic E-state index is 13.4. The molecule has 0 unspecified atom stereocenters. The van der Waals surface area contributed by atoms with Crippen molar-refractivity contribution in [3.05, 3.63) is 35.6 Å². The van der Waals surface area contributed by atoms with Gasteiger partial charge in [-0.05, 0) is 19.9 Å². The van der Waals surface area contributed by atoms with Crippen molar-refractivity contribution in [1.82, 2.24) is 0 Å². The van der Waals surface area contributed by atoms with Crippen molar-refractivity contribution in [2.24, 2.45) is 5.73 Å². The molecule has 0 fully saturated rings. The lowest BCUT2D eigenvalue weighted by Crippen LogP contribution is -2.34. The maximum absolute atomic E-state index is 13.4. The Balaban J connectivity index is 2.48. The van der Waals surface area contributed by atoms with E-state index >= 15 is 0 Å². The summed E-state index contributed by atoms with van der Waals surface area (Å²) in [7, 11) is 0. The largest absolute Gasteiger partial charge is 0.461 e. The summed E-state index contributed by atoms with van der Waals surface area (Å²) < 4.78 is 31.6. The van der Waals surface area contributed by atoms with E-state index in [1.165, 1.54) is 6.07 Å². The van der Waals surface area contributed by atoms with Gasteiger partial charge in [0.1, 0.15) is 23.0 Å². The smallest absolute Gasteiger partial charge is 0.140 e. The summed E-state index contributed by atoms with van der Waals surface area (Å²) in [6.07, 6.45) is 0.475. The Labute approximate surface area is 92.0 Å². The van der Waals surface area contributed by atoms with Crippen LogP contribution < -0.4 is 5.73 Å². The molecule has 2 aromatic rings. The summed E-state index contributed by atoms with van der Waals surface area (Å²) in [4.78, 5) is 0. The number of furan rings is 1. The summed E-state index contributed by atoms with van der Waals surface area (Å²) in [5.41, 5.74) is 5.61. The van der Waals surface area contributed by atoms with Crippen molar-refractivity contribution < 1.29 is 13.2 Å². The first-order chi connectivity index (χ1) is 7.35. The van der Waals surface area contributed by atoms with Gasteiger partial charge in [0, 0.05) is 24.1 Å². The minimum Gasteiger partial charge on any atom is -0.461 e. The molecule has 0 bridgehead atoms. The standard InChI is InChI=1S/C12H13F2NO/c1-12(2,15)6-8-5-9-10(14)3-7(13)4-11(9)16-8/h3-5H,6,15H2,1-2H3. The minimum absolute atomic E-state index is 0.219. The Morgan fingerprint density at radius 1 is 1.25 bits per heavy atom. The van der Waals surface area contributed by atoms with Crippen LogP contribution in [0.2, 0.25) is 0 Å². The van der Waals surface area contributed by atoms with Crippen molar-refractivity contribution in [3.8, 4) is 0 Å². The third kappa shape index (κ3) is 2.22. The number of fused-ring (bicyclic) bond motifs is 1. The zero-order chi connectivity index (χ0) is 11.9. The fourth-order valence-electron chi connectivity index (χ4n) is 1.65. The average Bonchev–Trinajstić information content (AvgIpc) is 2.43. The second kappa shape index (κ2) is 3.56. The molecule has 0 saturated carbocycles. The number of hydrogen-bond donors (Lipinski definition) is 1. The second-order valence-corrected chi connectivity index (χ2v) is 4.68. The van der Waals surface area contributed by atoms with E-state index in [0.717, 1.165) is 6.07 Å². The highest BCUT2D eigenvalue weighted by Crippen LogP contribution is 2.25. The molecule has 0 spiro atoms. The Morgan fingerprint density at radius 2 is 1.94 bits per heavy atom. The molecule has 1 aromatic heterocycles. The maximum Gasteiger partial charge on any atom is 0.140 e. The quantitative estimate of drug-likeness (QED) is 0.853. The molecule has 0 radical (unpaired) electrons. The van der Waals surface area contributed by atoms with Gasteiger partial charge in [-0.25, -0.2) is 8.78 Å². The molecule has 1 heterocycles. The monoisotopic (exact) mass is 225 g/mol. The fourth-order valence-corrected chi connectivity index (χ4v) is 1.65. The van der Waals surface area contributed by atoms with Crippen LogP contribution in [-0.4, -0.2) is 5.54 Å². The van der Waals surface area contributed by atoms with E-state index in [4.69, 9.17) is 10.2 Å². The summed E-state index contributed by atoms with van der Waals surface area (Å²) in [6, 6.07) is 3.58. The van der Waals surface area contributed by atoms with Crippen LogP contribution in [0, 0.1) is 11.6 Å². The molecule has 2 N–H and O–H groups in total.